The quantitative estimate of drug-likeness (QED) is 0.472. The van der Waals surface area contributed by atoms with E-state index in [1.807, 2.05) is 31.2 Å². The number of esters is 1. The van der Waals surface area contributed by atoms with Crippen LogP contribution < -0.4 is 0 Å². The summed E-state index contributed by atoms with van der Waals surface area (Å²) in [6.45, 7) is 2.35. The fraction of sp³-hybridized carbons (Fsp3) is 0.500. The number of carbonyl (C=O) groups excluding carboxylic acids is 1. The minimum atomic E-state index is -0.0415. The van der Waals surface area contributed by atoms with Crippen LogP contribution >= 0.6 is 0 Å². The molecule has 66 valence electrons. The predicted octanol–water partition coefficient (Wildman–Crippen LogP) is 2.07. The van der Waals surface area contributed by atoms with Gasteiger partial charge in [0.05, 0.1) is 5.92 Å². The lowest BCUT2D eigenvalue weighted by Gasteiger charge is -1.97. The van der Waals surface area contributed by atoms with Crippen molar-refractivity contribution in [1.29, 1.82) is 0 Å². The van der Waals surface area contributed by atoms with E-state index < -0.39 is 0 Å². The summed E-state index contributed by atoms with van der Waals surface area (Å²) in [5.41, 5.74) is 0. The van der Waals surface area contributed by atoms with E-state index in [4.69, 9.17) is 4.74 Å². The maximum atomic E-state index is 11.0. The summed E-state index contributed by atoms with van der Waals surface area (Å²) in [4.78, 5) is 11.0. The molecule has 0 bridgehead atoms. The molecule has 12 heavy (non-hydrogen) atoms. The molecule has 2 heteroatoms. The number of hydrogen-bond acceptors (Lipinski definition) is 2. The van der Waals surface area contributed by atoms with E-state index in [9.17, 15) is 4.79 Å². The van der Waals surface area contributed by atoms with E-state index in [2.05, 4.69) is 0 Å². The van der Waals surface area contributed by atoms with Gasteiger partial charge in [-0.15, -0.1) is 0 Å². The summed E-state index contributed by atoms with van der Waals surface area (Å²) in [7, 11) is 0. The monoisotopic (exact) mass is 166 g/mol. The van der Waals surface area contributed by atoms with Gasteiger partial charge in [0.25, 0.3) is 0 Å². The van der Waals surface area contributed by atoms with Gasteiger partial charge in [-0.2, -0.15) is 0 Å². The largest absolute Gasteiger partial charge is 0.461 e. The van der Waals surface area contributed by atoms with Crippen molar-refractivity contribution in [2.45, 2.75) is 19.8 Å². The van der Waals surface area contributed by atoms with Gasteiger partial charge in [-0.05, 0) is 25.8 Å². The van der Waals surface area contributed by atoms with Crippen LogP contribution in [0.15, 0.2) is 24.3 Å². The van der Waals surface area contributed by atoms with Gasteiger partial charge in [-0.3, -0.25) is 4.79 Å². The van der Waals surface area contributed by atoms with Crippen LogP contribution in [0.3, 0.4) is 0 Å². The van der Waals surface area contributed by atoms with Gasteiger partial charge >= 0.3 is 5.97 Å². The molecule has 2 nitrogen and oxygen atoms in total. The second kappa shape index (κ2) is 4.75. The Balaban J connectivity index is 2.04. The molecule has 0 saturated heterocycles. The molecule has 0 N–H and O–H groups in total. The third-order valence-corrected chi connectivity index (χ3v) is 1.67. The summed E-state index contributed by atoms with van der Waals surface area (Å²) in [6, 6.07) is 0. The van der Waals surface area contributed by atoms with E-state index in [-0.39, 0.29) is 11.9 Å². The van der Waals surface area contributed by atoms with Crippen molar-refractivity contribution in [3.63, 3.8) is 0 Å². The van der Waals surface area contributed by atoms with Gasteiger partial charge in [0, 0.05) is 0 Å². The van der Waals surface area contributed by atoms with Crippen LogP contribution in [0, 0.1) is 5.92 Å². The summed E-state index contributed by atoms with van der Waals surface area (Å²) in [5, 5.41) is 0. The van der Waals surface area contributed by atoms with Crippen molar-refractivity contribution in [2.75, 3.05) is 6.61 Å². The molecule has 0 heterocycles. The molecule has 0 amide bonds. The molecule has 1 aliphatic rings. The number of hydrogen-bond donors (Lipinski definition) is 0. The SMILES string of the molecule is C/C=C\C=C\COC(=O)C1CC1. The fourth-order valence-corrected chi connectivity index (χ4v) is 0.812. The highest BCUT2D eigenvalue weighted by Crippen LogP contribution is 2.29. The normalized spacial score (nSPS) is 17.4. The summed E-state index contributed by atoms with van der Waals surface area (Å²) < 4.78 is 4.95. The first-order valence-electron chi connectivity index (χ1n) is 4.29. The molecule has 0 aliphatic heterocycles. The van der Waals surface area contributed by atoms with Crippen molar-refractivity contribution in [2.24, 2.45) is 5.92 Å². The van der Waals surface area contributed by atoms with Gasteiger partial charge in [0.2, 0.25) is 0 Å². The van der Waals surface area contributed by atoms with Crippen LogP contribution in [0.4, 0.5) is 0 Å². The molecule has 0 radical (unpaired) electrons. The molecule has 1 fully saturated rings. The molecule has 0 aromatic carbocycles. The van der Waals surface area contributed by atoms with E-state index in [1.165, 1.54) is 0 Å². The van der Waals surface area contributed by atoms with Gasteiger partial charge < -0.3 is 4.74 Å². The summed E-state index contributed by atoms with van der Waals surface area (Å²) in [6.07, 6.45) is 9.57. The molecule has 0 aromatic rings. The van der Waals surface area contributed by atoms with Crippen molar-refractivity contribution in [3.05, 3.63) is 24.3 Å². The van der Waals surface area contributed by atoms with Crippen molar-refractivity contribution >= 4 is 5.97 Å². The first kappa shape index (κ1) is 9.04. The second-order valence-electron chi connectivity index (χ2n) is 2.86. The van der Waals surface area contributed by atoms with Gasteiger partial charge in [0.15, 0.2) is 0 Å². The number of rotatable bonds is 4. The van der Waals surface area contributed by atoms with Crippen LogP contribution in [0.2, 0.25) is 0 Å². The minimum absolute atomic E-state index is 0.0415. The van der Waals surface area contributed by atoms with E-state index >= 15 is 0 Å². The Morgan fingerprint density at radius 1 is 1.50 bits per heavy atom. The van der Waals surface area contributed by atoms with Crippen molar-refractivity contribution in [3.8, 4) is 0 Å². The van der Waals surface area contributed by atoms with Gasteiger partial charge in [-0.25, -0.2) is 0 Å². The number of carbonyl (C=O) groups is 1. The standard InChI is InChI=1S/C10H14O2/c1-2-3-4-5-8-12-10(11)9-6-7-9/h2-5,9H,6-8H2,1H3/b3-2-,5-4+. The molecule has 0 unspecified atom stereocenters. The second-order valence-corrected chi connectivity index (χ2v) is 2.86. The molecule has 0 spiro atoms. The molecular formula is C10H14O2. The number of ether oxygens (including phenoxy) is 1. The Morgan fingerprint density at radius 2 is 2.25 bits per heavy atom. The Hall–Kier alpha value is -1.05. The number of allylic oxidation sites excluding steroid dienone is 3. The Bertz CT molecular complexity index is 200. The van der Waals surface area contributed by atoms with Crippen LogP contribution in [0.1, 0.15) is 19.8 Å². The zero-order valence-electron chi connectivity index (χ0n) is 7.32. The van der Waals surface area contributed by atoms with Crippen LogP contribution in [0.5, 0.6) is 0 Å². The molecular weight excluding hydrogens is 152 g/mol. The third-order valence-electron chi connectivity index (χ3n) is 1.67. The van der Waals surface area contributed by atoms with Gasteiger partial charge in [-0.1, -0.05) is 18.2 Å². The van der Waals surface area contributed by atoms with Crippen LogP contribution in [0.25, 0.3) is 0 Å². The lowest BCUT2D eigenvalue weighted by molar-refractivity contribution is -0.143. The Morgan fingerprint density at radius 3 is 2.83 bits per heavy atom. The Labute approximate surface area is 72.9 Å². The van der Waals surface area contributed by atoms with E-state index in [0.717, 1.165) is 12.8 Å². The summed E-state index contributed by atoms with van der Waals surface area (Å²) >= 11 is 0. The first-order chi connectivity index (χ1) is 5.84. The Kier molecular flexibility index (Phi) is 3.58. The maximum absolute atomic E-state index is 11.0. The van der Waals surface area contributed by atoms with Gasteiger partial charge in [0.1, 0.15) is 6.61 Å². The van der Waals surface area contributed by atoms with Crippen molar-refractivity contribution in [1.82, 2.24) is 0 Å². The molecule has 0 aromatic heterocycles. The highest BCUT2D eigenvalue weighted by atomic mass is 16.5. The summed E-state index contributed by atoms with van der Waals surface area (Å²) in [5.74, 6) is 0.167. The minimum Gasteiger partial charge on any atom is -0.461 e. The van der Waals surface area contributed by atoms with Crippen molar-refractivity contribution < 1.29 is 9.53 Å². The topological polar surface area (TPSA) is 26.3 Å². The average molecular weight is 166 g/mol. The molecule has 1 aliphatic carbocycles. The van der Waals surface area contributed by atoms with E-state index in [0.29, 0.717) is 6.61 Å². The lowest BCUT2D eigenvalue weighted by atomic mass is 10.4. The highest BCUT2D eigenvalue weighted by Gasteiger charge is 2.30. The molecule has 0 atom stereocenters. The third kappa shape index (κ3) is 3.37. The maximum Gasteiger partial charge on any atom is 0.309 e. The first-order valence-corrected chi connectivity index (χ1v) is 4.29. The zero-order chi connectivity index (χ0) is 8.81. The van der Waals surface area contributed by atoms with Crippen LogP contribution in [-0.4, -0.2) is 12.6 Å². The lowest BCUT2D eigenvalue weighted by Crippen LogP contribution is -2.05. The smallest absolute Gasteiger partial charge is 0.309 e. The fourth-order valence-electron chi connectivity index (χ4n) is 0.812. The van der Waals surface area contributed by atoms with E-state index in [1.54, 1.807) is 0 Å². The average Bonchev–Trinajstić information content (AvgIpc) is 2.86. The predicted molar refractivity (Wildman–Crippen MR) is 47.6 cm³/mol. The van der Waals surface area contributed by atoms with Crippen LogP contribution in [-0.2, 0) is 9.53 Å². The molecule has 1 saturated carbocycles. The highest BCUT2D eigenvalue weighted by molar-refractivity contribution is 5.74. The zero-order valence-corrected chi connectivity index (χ0v) is 7.32. The molecule has 1 rings (SSSR count).